The van der Waals surface area contributed by atoms with Crippen LogP contribution in [-0.2, 0) is 9.53 Å². The van der Waals surface area contributed by atoms with Crippen LogP contribution in [0.15, 0.2) is 59.8 Å². The lowest BCUT2D eigenvalue weighted by Gasteiger charge is -2.28. The predicted octanol–water partition coefficient (Wildman–Crippen LogP) is 4.71. The monoisotopic (exact) mass is 400 g/mol. The zero-order chi connectivity index (χ0) is 20.1. The summed E-state index contributed by atoms with van der Waals surface area (Å²) in [6, 6.07) is 13.3. The Bertz CT molecular complexity index is 892. The van der Waals surface area contributed by atoms with Crippen molar-refractivity contribution in [2.75, 3.05) is 6.61 Å². The topological polar surface area (TPSA) is 76.7 Å². The number of amides is 2. The van der Waals surface area contributed by atoms with Crippen LogP contribution in [-0.4, -0.2) is 18.6 Å². The molecular formula is C21H21ClN2O4. The molecule has 0 aromatic heterocycles. The summed E-state index contributed by atoms with van der Waals surface area (Å²) in [5.74, 6) is 0.840. The molecule has 146 valence electrons. The molecule has 0 fully saturated rings. The molecule has 0 bridgehead atoms. The average Bonchev–Trinajstić information content (AvgIpc) is 2.68. The number of esters is 1. The summed E-state index contributed by atoms with van der Waals surface area (Å²) in [6.45, 7) is 3.93. The number of nitrogens with one attached hydrogen (secondary N) is 2. The molecule has 1 heterocycles. The smallest absolute Gasteiger partial charge is 0.338 e. The highest BCUT2D eigenvalue weighted by molar-refractivity contribution is 6.30. The first kappa shape index (κ1) is 19.8. The Morgan fingerprint density at radius 2 is 1.68 bits per heavy atom. The van der Waals surface area contributed by atoms with Gasteiger partial charge in [0.1, 0.15) is 11.5 Å². The number of ether oxygens (including phenoxy) is 2. The summed E-state index contributed by atoms with van der Waals surface area (Å²) >= 11 is 5.88. The Hall–Kier alpha value is -2.99. The number of allylic oxidation sites excluding steroid dienone is 1. The highest BCUT2D eigenvalue weighted by Gasteiger charge is 2.32. The van der Waals surface area contributed by atoms with Crippen LogP contribution in [0.25, 0.3) is 0 Å². The molecule has 2 amide bonds. The zero-order valence-corrected chi connectivity index (χ0v) is 16.4. The highest BCUT2D eigenvalue weighted by atomic mass is 35.5. The van der Waals surface area contributed by atoms with Gasteiger partial charge in [-0.25, -0.2) is 9.59 Å². The minimum atomic E-state index is -0.595. The number of rotatable bonds is 6. The molecule has 2 aromatic rings. The molecular weight excluding hydrogens is 380 g/mol. The molecule has 0 saturated heterocycles. The largest absolute Gasteiger partial charge is 0.462 e. The van der Waals surface area contributed by atoms with Gasteiger partial charge in [0.25, 0.3) is 0 Å². The van der Waals surface area contributed by atoms with Crippen LogP contribution >= 0.6 is 11.6 Å². The summed E-state index contributed by atoms with van der Waals surface area (Å²) in [6.07, 6.45) is 0.721. The van der Waals surface area contributed by atoms with Crippen molar-refractivity contribution < 1.29 is 19.1 Å². The van der Waals surface area contributed by atoms with Gasteiger partial charge in [0, 0.05) is 10.7 Å². The van der Waals surface area contributed by atoms with E-state index in [1.807, 2.05) is 19.1 Å². The fourth-order valence-corrected chi connectivity index (χ4v) is 2.98. The SMILES string of the molecule is CCCOC(=O)C1=C(C)NC(=O)NC1c1ccc(Oc2ccc(Cl)cc2)cc1. The average molecular weight is 401 g/mol. The van der Waals surface area contributed by atoms with Gasteiger partial charge in [0.05, 0.1) is 18.2 Å². The van der Waals surface area contributed by atoms with E-state index in [0.29, 0.717) is 34.4 Å². The van der Waals surface area contributed by atoms with E-state index in [4.69, 9.17) is 21.1 Å². The van der Waals surface area contributed by atoms with Crippen LogP contribution in [0.2, 0.25) is 5.02 Å². The molecule has 6 nitrogen and oxygen atoms in total. The molecule has 3 rings (SSSR count). The Labute approximate surface area is 168 Å². The lowest BCUT2D eigenvalue weighted by Crippen LogP contribution is -2.45. The van der Waals surface area contributed by atoms with Crippen molar-refractivity contribution in [1.82, 2.24) is 10.6 Å². The standard InChI is InChI=1S/C21H21ClN2O4/c1-3-12-27-20(25)18-13(2)23-21(26)24-19(18)14-4-8-16(9-5-14)28-17-10-6-15(22)7-11-17/h4-11,19H,3,12H2,1-2H3,(H2,23,24,26). The third kappa shape index (κ3) is 4.64. The van der Waals surface area contributed by atoms with Crippen LogP contribution < -0.4 is 15.4 Å². The number of benzene rings is 2. The second-order valence-electron chi connectivity index (χ2n) is 6.33. The maximum Gasteiger partial charge on any atom is 0.338 e. The number of carbonyl (C=O) groups excluding carboxylic acids is 2. The van der Waals surface area contributed by atoms with E-state index in [2.05, 4.69) is 10.6 Å². The predicted molar refractivity (Wildman–Crippen MR) is 106 cm³/mol. The summed E-state index contributed by atoms with van der Waals surface area (Å²) in [7, 11) is 0. The quantitative estimate of drug-likeness (QED) is 0.688. The van der Waals surface area contributed by atoms with Crippen molar-refractivity contribution in [3.63, 3.8) is 0 Å². The Balaban J connectivity index is 1.81. The molecule has 1 aliphatic heterocycles. The minimum absolute atomic E-state index is 0.324. The third-order valence-corrected chi connectivity index (χ3v) is 4.44. The fourth-order valence-electron chi connectivity index (χ4n) is 2.85. The second-order valence-corrected chi connectivity index (χ2v) is 6.77. The second kappa shape index (κ2) is 8.80. The zero-order valence-electron chi connectivity index (χ0n) is 15.6. The van der Waals surface area contributed by atoms with Crippen molar-refractivity contribution in [3.8, 4) is 11.5 Å². The van der Waals surface area contributed by atoms with Crippen molar-refractivity contribution in [1.29, 1.82) is 0 Å². The van der Waals surface area contributed by atoms with Gasteiger partial charge in [-0.1, -0.05) is 30.7 Å². The molecule has 7 heteroatoms. The van der Waals surface area contributed by atoms with Crippen LogP contribution in [0.1, 0.15) is 31.9 Å². The number of hydrogen-bond acceptors (Lipinski definition) is 4. The van der Waals surface area contributed by atoms with Gasteiger partial charge in [-0.15, -0.1) is 0 Å². The first-order valence-corrected chi connectivity index (χ1v) is 9.34. The highest BCUT2D eigenvalue weighted by Crippen LogP contribution is 2.30. The number of urea groups is 1. The van der Waals surface area contributed by atoms with E-state index in [1.165, 1.54) is 0 Å². The fraction of sp³-hybridized carbons (Fsp3) is 0.238. The van der Waals surface area contributed by atoms with Gasteiger partial charge in [0.2, 0.25) is 0 Å². The van der Waals surface area contributed by atoms with Crippen LogP contribution in [0, 0.1) is 0 Å². The van der Waals surface area contributed by atoms with Crippen molar-refractivity contribution in [3.05, 3.63) is 70.4 Å². The van der Waals surface area contributed by atoms with E-state index in [9.17, 15) is 9.59 Å². The summed E-state index contributed by atoms with van der Waals surface area (Å²) in [4.78, 5) is 24.4. The number of halogens is 1. The van der Waals surface area contributed by atoms with Gasteiger partial charge < -0.3 is 20.1 Å². The molecule has 2 N–H and O–H groups in total. The molecule has 0 aliphatic carbocycles. The third-order valence-electron chi connectivity index (χ3n) is 4.19. The van der Waals surface area contributed by atoms with Gasteiger partial charge in [0.15, 0.2) is 0 Å². The van der Waals surface area contributed by atoms with Crippen molar-refractivity contribution in [2.45, 2.75) is 26.3 Å². The Morgan fingerprint density at radius 3 is 2.29 bits per heavy atom. The van der Waals surface area contributed by atoms with Crippen LogP contribution in [0.4, 0.5) is 4.79 Å². The van der Waals surface area contributed by atoms with Crippen molar-refractivity contribution in [2.24, 2.45) is 0 Å². The van der Waals surface area contributed by atoms with Gasteiger partial charge in [-0.2, -0.15) is 0 Å². The van der Waals surface area contributed by atoms with Crippen LogP contribution in [0.3, 0.4) is 0 Å². The normalized spacial score (nSPS) is 16.2. The van der Waals surface area contributed by atoms with Crippen LogP contribution in [0.5, 0.6) is 11.5 Å². The van der Waals surface area contributed by atoms with Gasteiger partial charge in [-0.05, 0) is 55.3 Å². The Morgan fingerprint density at radius 1 is 1.07 bits per heavy atom. The number of carbonyl (C=O) groups is 2. The van der Waals surface area contributed by atoms with E-state index in [-0.39, 0.29) is 6.03 Å². The lowest BCUT2D eigenvalue weighted by molar-refractivity contribution is -0.139. The van der Waals surface area contributed by atoms with E-state index < -0.39 is 12.0 Å². The molecule has 0 saturated carbocycles. The lowest BCUT2D eigenvalue weighted by atomic mass is 9.95. The van der Waals surface area contributed by atoms with Gasteiger partial charge >= 0.3 is 12.0 Å². The maximum absolute atomic E-state index is 12.5. The van der Waals surface area contributed by atoms with Gasteiger partial charge in [-0.3, -0.25) is 0 Å². The van der Waals surface area contributed by atoms with E-state index in [1.54, 1.807) is 43.3 Å². The molecule has 1 unspecified atom stereocenters. The Kier molecular flexibility index (Phi) is 6.21. The van der Waals surface area contributed by atoms with E-state index >= 15 is 0 Å². The van der Waals surface area contributed by atoms with E-state index in [0.717, 1.165) is 12.0 Å². The molecule has 0 spiro atoms. The molecule has 1 aliphatic rings. The molecule has 1 atom stereocenters. The molecule has 2 aromatic carbocycles. The first-order valence-electron chi connectivity index (χ1n) is 8.96. The summed E-state index contributed by atoms with van der Waals surface area (Å²) in [5.41, 5.74) is 1.62. The number of hydrogen-bond donors (Lipinski definition) is 2. The summed E-state index contributed by atoms with van der Waals surface area (Å²) in [5, 5.41) is 6.04. The first-order chi connectivity index (χ1) is 13.5. The maximum atomic E-state index is 12.5. The minimum Gasteiger partial charge on any atom is -0.462 e. The molecule has 28 heavy (non-hydrogen) atoms. The van der Waals surface area contributed by atoms with Crippen molar-refractivity contribution >= 4 is 23.6 Å². The molecule has 0 radical (unpaired) electrons. The summed E-state index contributed by atoms with van der Waals surface area (Å²) < 4.78 is 11.1.